The van der Waals surface area contributed by atoms with Crippen LogP contribution in [0.25, 0.3) is 0 Å². The van der Waals surface area contributed by atoms with E-state index in [1.54, 1.807) is 36.9 Å². The van der Waals surface area contributed by atoms with Crippen LogP contribution < -0.4 is 10.2 Å². The van der Waals surface area contributed by atoms with E-state index >= 15 is 0 Å². The average molecular weight is 391 g/mol. The normalized spacial score (nSPS) is 13.9. The quantitative estimate of drug-likeness (QED) is 0.754. The summed E-state index contributed by atoms with van der Waals surface area (Å²) in [4.78, 5) is 27.7. The van der Waals surface area contributed by atoms with E-state index in [-0.39, 0.29) is 10.9 Å². The molecule has 0 saturated heterocycles. The van der Waals surface area contributed by atoms with Crippen LogP contribution in [-0.2, 0) is 16.0 Å². The Bertz CT molecular complexity index is 865. The molecule has 26 heavy (non-hydrogen) atoms. The minimum Gasteiger partial charge on any atom is -0.324 e. The zero-order chi connectivity index (χ0) is 18.9. The summed E-state index contributed by atoms with van der Waals surface area (Å²) >= 11 is 12.1. The van der Waals surface area contributed by atoms with Crippen molar-refractivity contribution in [1.82, 2.24) is 0 Å². The number of benzene rings is 2. The van der Waals surface area contributed by atoms with Crippen molar-refractivity contribution in [2.45, 2.75) is 26.7 Å². The monoisotopic (exact) mass is 390 g/mol. The van der Waals surface area contributed by atoms with Gasteiger partial charge in [-0.25, -0.2) is 0 Å². The van der Waals surface area contributed by atoms with Crippen LogP contribution in [0.5, 0.6) is 0 Å². The molecule has 0 saturated carbocycles. The molecule has 0 unspecified atom stereocenters. The number of nitrogens with one attached hydrogen (secondary N) is 1. The second-order valence-electron chi connectivity index (χ2n) is 6.87. The fourth-order valence-electron chi connectivity index (χ4n) is 3.06. The summed E-state index contributed by atoms with van der Waals surface area (Å²) < 4.78 is 0. The summed E-state index contributed by atoms with van der Waals surface area (Å²) in [6.07, 6.45) is 1.81. The van der Waals surface area contributed by atoms with E-state index in [0.29, 0.717) is 17.3 Å². The van der Waals surface area contributed by atoms with Crippen molar-refractivity contribution in [3.8, 4) is 0 Å². The van der Waals surface area contributed by atoms with Crippen molar-refractivity contribution >= 4 is 46.4 Å². The number of hydrogen-bond donors (Lipinski definition) is 1. The van der Waals surface area contributed by atoms with Crippen molar-refractivity contribution in [2.75, 3.05) is 16.8 Å². The van der Waals surface area contributed by atoms with E-state index < -0.39 is 11.3 Å². The van der Waals surface area contributed by atoms with Gasteiger partial charge in [0.25, 0.3) is 0 Å². The Morgan fingerprint density at radius 2 is 1.81 bits per heavy atom. The number of nitrogens with zero attached hydrogens (tertiary/aromatic N) is 1. The first kappa shape index (κ1) is 18.7. The van der Waals surface area contributed by atoms with Crippen LogP contribution in [0.2, 0.25) is 10.0 Å². The van der Waals surface area contributed by atoms with Gasteiger partial charge in [0.2, 0.25) is 11.8 Å². The second-order valence-corrected chi connectivity index (χ2v) is 7.65. The number of halogens is 2. The zero-order valence-corrected chi connectivity index (χ0v) is 16.2. The molecule has 0 fully saturated rings. The Morgan fingerprint density at radius 3 is 2.58 bits per heavy atom. The van der Waals surface area contributed by atoms with Crippen LogP contribution in [0.3, 0.4) is 0 Å². The Balaban J connectivity index is 1.84. The van der Waals surface area contributed by atoms with Crippen molar-refractivity contribution in [2.24, 2.45) is 5.41 Å². The largest absolute Gasteiger partial charge is 0.324 e. The molecule has 136 valence electrons. The summed E-state index contributed by atoms with van der Waals surface area (Å²) in [7, 11) is 0. The standard InChI is InChI=1S/C20H20Cl2N2O2/c1-20(2,18(25)23-15-10-5-9-14(21)17(15)22)19(26)24-12-6-8-13-7-3-4-11-16(13)24/h3-5,7,9-11H,6,8,12H2,1-2H3,(H,23,25). The minimum atomic E-state index is -1.25. The van der Waals surface area contributed by atoms with E-state index in [4.69, 9.17) is 23.2 Å². The van der Waals surface area contributed by atoms with Gasteiger partial charge in [-0.1, -0.05) is 47.5 Å². The lowest BCUT2D eigenvalue weighted by atomic mass is 9.88. The highest BCUT2D eigenvalue weighted by atomic mass is 35.5. The Hall–Kier alpha value is -2.04. The molecule has 1 aliphatic heterocycles. The first-order valence-corrected chi connectivity index (χ1v) is 9.23. The van der Waals surface area contributed by atoms with Crippen molar-refractivity contribution in [3.05, 3.63) is 58.1 Å². The van der Waals surface area contributed by atoms with Gasteiger partial charge in [0.1, 0.15) is 5.41 Å². The number of aryl methyl sites for hydroxylation is 1. The lowest BCUT2D eigenvalue weighted by Gasteiger charge is -2.35. The highest BCUT2D eigenvalue weighted by molar-refractivity contribution is 6.44. The molecule has 2 aromatic rings. The van der Waals surface area contributed by atoms with Crippen LogP contribution in [0.4, 0.5) is 11.4 Å². The zero-order valence-electron chi connectivity index (χ0n) is 14.7. The number of carbonyl (C=O) groups is 2. The van der Waals surface area contributed by atoms with Crippen LogP contribution in [-0.4, -0.2) is 18.4 Å². The van der Waals surface area contributed by atoms with Gasteiger partial charge >= 0.3 is 0 Å². The summed E-state index contributed by atoms with van der Waals surface area (Å²) in [6.45, 7) is 3.85. The molecule has 0 radical (unpaired) electrons. The molecule has 0 spiro atoms. The first-order chi connectivity index (χ1) is 12.3. The first-order valence-electron chi connectivity index (χ1n) is 8.47. The molecule has 6 heteroatoms. The van der Waals surface area contributed by atoms with E-state index in [1.165, 1.54) is 0 Å². The third kappa shape index (κ3) is 3.44. The van der Waals surface area contributed by atoms with E-state index in [9.17, 15) is 9.59 Å². The van der Waals surface area contributed by atoms with Crippen LogP contribution in [0.1, 0.15) is 25.8 Å². The number of anilines is 2. The Labute approximate surface area is 163 Å². The number of fused-ring (bicyclic) bond motifs is 1. The van der Waals surface area contributed by atoms with Gasteiger partial charge in [-0.2, -0.15) is 0 Å². The molecule has 1 aliphatic rings. The van der Waals surface area contributed by atoms with E-state index in [2.05, 4.69) is 5.32 Å². The van der Waals surface area contributed by atoms with Crippen LogP contribution >= 0.6 is 23.2 Å². The van der Waals surface area contributed by atoms with Crippen LogP contribution in [0.15, 0.2) is 42.5 Å². The molecule has 2 amide bonds. The molecule has 0 aromatic heterocycles. The molecule has 2 aromatic carbocycles. The molecule has 1 N–H and O–H groups in total. The van der Waals surface area contributed by atoms with Crippen LogP contribution in [0, 0.1) is 5.41 Å². The molecule has 0 atom stereocenters. The van der Waals surface area contributed by atoms with Gasteiger partial charge < -0.3 is 10.2 Å². The maximum atomic E-state index is 13.2. The van der Waals surface area contributed by atoms with Crippen molar-refractivity contribution in [3.63, 3.8) is 0 Å². The van der Waals surface area contributed by atoms with E-state index in [0.717, 1.165) is 24.1 Å². The topological polar surface area (TPSA) is 49.4 Å². The Kier molecular flexibility index (Phi) is 5.26. The van der Waals surface area contributed by atoms with Crippen molar-refractivity contribution < 1.29 is 9.59 Å². The predicted octanol–water partition coefficient (Wildman–Crippen LogP) is 4.94. The number of para-hydroxylation sites is 1. The number of amides is 2. The molecule has 0 bridgehead atoms. The Morgan fingerprint density at radius 1 is 1.08 bits per heavy atom. The lowest BCUT2D eigenvalue weighted by Crippen LogP contribution is -2.49. The highest BCUT2D eigenvalue weighted by Crippen LogP contribution is 2.34. The molecule has 3 rings (SSSR count). The predicted molar refractivity (Wildman–Crippen MR) is 106 cm³/mol. The maximum Gasteiger partial charge on any atom is 0.242 e. The fourth-order valence-corrected chi connectivity index (χ4v) is 3.41. The van der Waals surface area contributed by atoms with Gasteiger partial charge in [-0.3, -0.25) is 9.59 Å². The van der Waals surface area contributed by atoms with Gasteiger partial charge in [0.05, 0.1) is 15.7 Å². The number of hydrogen-bond acceptors (Lipinski definition) is 2. The molecular formula is C20H20Cl2N2O2. The summed E-state index contributed by atoms with van der Waals surface area (Å²) in [5.41, 5.74) is 1.14. The number of rotatable bonds is 3. The van der Waals surface area contributed by atoms with E-state index in [1.807, 2.05) is 24.3 Å². The molecule has 4 nitrogen and oxygen atoms in total. The summed E-state index contributed by atoms with van der Waals surface area (Å²) in [5, 5.41) is 3.34. The number of carbonyl (C=O) groups excluding carboxylic acids is 2. The fraction of sp³-hybridized carbons (Fsp3) is 0.300. The van der Waals surface area contributed by atoms with Gasteiger partial charge in [-0.15, -0.1) is 0 Å². The lowest BCUT2D eigenvalue weighted by molar-refractivity contribution is -0.136. The second kappa shape index (κ2) is 7.29. The van der Waals surface area contributed by atoms with Crippen molar-refractivity contribution in [1.29, 1.82) is 0 Å². The minimum absolute atomic E-state index is 0.236. The molecule has 1 heterocycles. The average Bonchev–Trinajstić information content (AvgIpc) is 2.64. The smallest absolute Gasteiger partial charge is 0.242 e. The third-order valence-electron chi connectivity index (χ3n) is 4.66. The third-order valence-corrected chi connectivity index (χ3v) is 5.48. The molecule has 0 aliphatic carbocycles. The maximum absolute atomic E-state index is 13.2. The molecular weight excluding hydrogens is 371 g/mol. The highest BCUT2D eigenvalue weighted by Gasteiger charge is 2.41. The SMILES string of the molecule is CC(C)(C(=O)Nc1cccc(Cl)c1Cl)C(=O)N1CCCc2ccccc21. The van der Waals surface area contributed by atoms with Gasteiger partial charge in [0.15, 0.2) is 0 Å². The summed E-state index contributed by atoms with van der Waals surface area (Å²) in [6, 6.07) is 12.8. The van der Waals surface area contributed by atoms with Gasteiger partial charge in [-0.05, 0) is 50.5 Å². The van der Waals surface area contributed by atoms with Gasteiger partial charge in [0, 0.05) is 12.2 Å². The summed E-state index contributed by atoms with van der Waals surface area (Å²) in [5.74, 6) is -0.657.